The monoisotopic (exact) mass is 375 g/mol. The Morgan fingerprint density at radius 2 is 1.70 bits per heavy atom. The van der Waals surface area contributed by atoms with Gasteiger partial charge in [-0.3, -0.25) is 4.79 Å². The number of amides is 1. The van der Waals surface area contributed by atoms with Crippen molar-refractivity contribution in [3.63, 3.8) is 0 Å². The molecule has 0 aromatic heterocycles. The summed E-state index contributed by atoms with van der Waals surface area (Å²) in [5.41, 5.74) is 5.41. The SMILES string of the molecule is Cc1ccc2c(c1)C(c1ccccc1)CC(C)N2C(=O)c1ccc(Cl)cc1. The lowest BCUT2D eigenvalue weighted by atomic mass is 9.80. The Labute approximate surface area is 165 Å². The lowest BCUT2D eigenvalue weighted by molar-refractivity contribution is 0.0974. The van der Waals surface area contributed by atoms with Crippen molar-refractivity contribution in [2.75, 3.05) is 4.90 Å². The molecule has 0 saturated carbocycles. The van der Waals surface area contributed by atoms with Crippen LogP contribution in [-0.2, 0) is 0 Å². The van der Waals surface area contributed by atoms with E-state index in [0.29, 0.717) is 16.5 Å². The van der Waals surface area contributed by atoms with Gasteiger partial charge in [0.15, 0.2) is 0 Å². The number of benzene rings is 3. The van der Waals surface area contributed by atoms with E-state index in [1.54, 1.807) is 24.3 Å². The number of carbonyl (C=O) groups excluding carboxylic acids is 1. The number of rotatable bonds is 2. The molecular weight excluding hydrogens is 354 g/mol. The van der Waals surface area contributed by atoms with Crippen LogP contribution in [0.15, 0.2) is 72.8 Å². The van der Waals surface area contributed by atoms with Gasteiger partial charge in [0.2, 0.25) is 0 Å². The van der Waals surface area contributed by atoms with Crippen molar-refractivity contribution in [1.82, 2.24) is 0 Å². The van der Waals surface area contributed by atoms with E-state index in [-0.39, 0.29) is 11.9 Å². The molecule has 3 aromatic rings. The van der Waals surface area contributed by atoms with E-state index in [9.17, 15) is 4.79 Å². The van der Waals surface area contributed by atoms with Crippen molar-refractivity contribution in [3.05, 3.63) is 100 Å². The number of hydrogen-bond donors (Lipinski definition) is 0. The number of nitrogens with zero attached hydrogens (tertiary/aromatic N) is 1. The molecule has 0 radical (unpaired) electrons. The summed E-state index contributed by atoms with van der Waals surface area (Å²) >= 11 is 5.99. The van der Waals surface area contributed by atoms with Crippen LogP contribution in [0.3, 0.4) is 0 Å². The van der Waals surface area contributed by atoms with Crippen LogP contribution in [-0.4, -0.2) is 11.9 Å². The second-order valence-electron chi connectivity index (χ2n) is 7.29. The predicted octanol–water partition coefficient (Wildman–Crippen LogP) is 6.22. The molecule has 27 heavy (non-hydrogen) atoms. The highest BCUT2D eigenvalue weighted by Gasteiger charge is 2.34. The fourth-order valence-corrected chi connectivity index (χ4v) is 4.15. The van der Waals surface area contributed by atoms with Crippen LogP contribution in [0.4, 0.5) is 5.69 Å². The van der Waals surface area contributed by atoms with E-state index in [1.165, 1.54) is 16.7 Å². The second kappa shape index (κ2) is 7.21. The van der Waals surface area contributed by atoms with Crippen LogP contribution in [0.2, 0.25) is 5.02 Å². The van der Waals surface area contributed by atoms with E-state index < -0.39 is 0 Å². The van der Waals surface area contributed by atoms with E-state index >= 15 is 0 Å². The summed E-state index contributed by atoms with van der Waals surface area (Å²) in [5.74, 6) is 0.321. The Hall–Kier alpha value is -2.58. The summed E-state index contributed by atoms with van der Waals surface area (Å²) in [6.45, 7) is 4.23. The van der Waals surface area contributed by atoms with Crippen LogP contribution in [0.1, 0.15) is 46.3 Å². The molecule has 1 aliphatic rings. The Kier molecular flexibility index (Phi) is 4.75. The van der Waals surface area contributed by atoms with E-state index in [0.717, 1.165) is 12.1 Å². The molecule has 4 rings (SSSR count). The zero-order valence-electron chi connectivity index (χ0n) is 15.5. The minimum Gasteiger partial charge on any atom is -0.305 e. The van der Waals surface area contributed by atoms with Crippen LogP contribution < -0.4 is 4.90 Å². The average Bonchev–Trinajstić information content (AvgIpc) is 2.68. The molecule has 0 bridgehead atoms. The zero-order valence-corrected chi connectivity index (χ0v) is 16.3. The molecule has 0 spiro atoms. The minimum atomic E-state index is 0.0239. The molecular formula is C24H22ClNO. The van der Waals surface area contributed by atoms with Gasteiger partial charge in [0.05, 0.1) is 0 Å². The highest BCUT2D eigenvalue weighted by Crippen LogP contribution is 2.43. The van der Waals surface area contributed by atoms with Gasteiger partial charge in [0, 0.05) is 28.2 Å². The number of fused-ring (bicyclic) bond motifs is 1. The van der Waals surface area contributed by atoms with Gasteiger partial charge in [-0.15, -0.1) is 0 Å². The summed E-state index contributed by atoms with van der Waals surface area (Å²) in [5, 5.41) is 0.637. The Morgan fingerprint density at radius 3 is 2.41 bits per heavy atom. The molecule has 2 nitrogen and oxygen atoms in total. The summed E-state index contributed by atoms with van der Waals surface area (Å²) in [7, 11) is 0. The van der Waals surface area contributed by atoms with Gasteiger partial charge in [-0.05, 0) is 61.7 Å². The van der Waals surface area contributed by atoms with Crippen molar-refractivity contribution in [1.29, 1.82) is 0 Å². The van der Waals surface area contributed by atoms with Crippen molar-refractivity contribution < 1.29 is 4.79 Å². The molecule has 1 heterocycles. The summed E-state index contributed by atoms with van der Waals surface area (Å²) in [4.78, 5) is 15.2. The first kappa shape index (κ1) is 17.8. The van der Waals surface area contributed by atoms with Crippen molar-refractivity contribution in [2.45, 2.75) is 32.2 Å². The number of hydrogen-bond acceptors (Lipinski definition) is 1. The van der Waals surface area contributed by atoms with Gasteiger partial charge >= 0.3 is 0 Å². The summed E-state index contributed by atoms with van der Waals surface area (Å²) in [6.07, 6.45) is 0.903. The standard InChI is InChI=1S/C24H22ClNO/c1-16-8-13-23-22(14-16)21(18-6-4-3-5-7-18)15-17(2)26(23)24(27)19-9-11-20(25)12-10-19/h3-14,17,21H,15H2,1-2H3. The molecule has 2 unspecified atom stereocenters. The zero-order chi connectivity index (χ0) is 19.0. The van der Waals surface area contributed by atoms with E-state index in [2.05, 4.69) is 56.3 Å². The van der Waals surface area contributed by atoms with Gasteiger partial charge in [-0.1, -0.05) is 59.6 Å². The highest BCUT2D eigenvalue weighted by molar-refractivity contribution is 6.30. The predicted molar refractivity (Wildman–Crippen MR) is 112 cm³/mol. The van der Waals surface area contributed by atoms with Crippen LogP contribution in [0.25, 0.3) is 0 Å². The number of aryl methyl sites for hydroxylation is 1. The third kappa shape index (κ3) is 3.38. The van der Waals surface area contributed by atoms with Crippen molar-refractivity contribution >= 4 is 23.2 Å². The molecule has 0 aliphatic carbocycles. The maximum Gasteiger partial charge on any atom is 0.258 e. The van der Waals surface area contributed by atoms with Gasteiger partial charge < -0.3 is 4.90 Å². The van der Waals surface area contributed by atoms with Gasteiger partial charge in [0.25, 0.3) is 5.91 Å². The van der Waals surface area contributed by atoms with Crippen LogP contribution in [0.5, 0.6) is 0 Å². The van der Waals surface area contributed by atoms with E-state index in [1.807, 2.05) is 11.0 Å². The average molecular weight is 376 g/mol. The number of halogens is 1. The maximum atomic E-state index is 13.3. The van der Waals surface area contributed by atoms with Crippen LogP contribution in [0, 0.1) is 6.92 Å². The Bertz CT molecular complexity index is 965. The fraction of sp³-hybridized carbons (Fsp3) is 0.208. The molecule has 0 fully saturated rings. The second-order valence-corrected chi connectivity index (χ2v) is 7.73. The quantitative estimate of drug-likeness (QED) is 0.520. The fourth-order valence-electron chi connectivity index (χ4n) is 4.03. The first-order valence-electron chi connectivity index (χ1n) is 9.29. The molecule has 0 saturated heterocycles. The molecule has 1 aliphatic heterocycles. The number of carbonyl (C=O) groups is 1. The van der Waals surface area contributed by atoms with E-state index in [4.69, 9.17) is 11.6 Å². The third-order valence-electron chi connectivity index (χ3n) is 5.35. The Balaban J connectivity index is 1.80. The summed E-state index contributed by atoms with van der Waals surface area (Å²) < 4.78 is 0. The molecule has 2 atom stereocenters. The highest BCUT2D eigenvalue weighted by atomic mass is 35.5. The molecule has 0 N–H and O–H groups in total. The van der Waals surface area contributed by atoms with Gasteiger partial charge in [-0.25, -0.2) is 0 Å². The largest absolute Gasteiger partial charge is 0.305 e. The molecule has 1 amide bonds. The molecule has 3 heteroatoms. The minimum absolute atomic E-state index is 0.0239. The Morgan fingerprint density at radius 1 is 1.00 bits per heavy atom. The van der Waals surface area contributed by atoms with Crippen molar-refractivity contribution in [2.24, 2.45) is 0 Å². The normalized spacial score (nSPS) is 18.9. The lowest BCUT2D eigenvalue weighted by Crippen LogP contribution is -2.43. The molecule has 3 aromatic carbocycles. The smallest absolute Gasteiger partial charge is 0.258 e. The first-order valence-corrected chi connectivity index (χ1v) is 9.67. The van der Waals surface area contributed by atoms with Crippen molar-refractivity contribution in [3.8, 4) is 0 Å². The maximum absolute atomic E-state index is 13.3. The third-order valence-corrected chi connectivity index (χ3v) is 5.60. The van der Waals surface area contributed by atoms with Gasteiger partial charge in [0.1, 0.15) is 0 Å². The topological polar surface area (TPSA) is 20.3 Å². The van der Waals surface area contributed by atoms with Gasteiger partial charge in [-0.2, -0.15) is 0 Å². The van der Waals surface area contributed by atoms with Crippen LogP contribution >= 0.6 is 11.6 Å². The lowest BCUT2D eigenvalue weighted by Gasteiger charge is -2.40. The molecule has 136 valence electrons. The summed E-state index contributed by atoms with van der Waals surface area (Å²) in [6, 6.07) is 24.2. The number of anilines is 1. The first-order chi connectivity index (χ1) is 13.0.